The first-order valence-electron chi connectivity index (χ1n) is 12.8. The topological polar surface area (TPSA) is 142 Å². The molecule has 4 heterocycles. The third-order valence-corrected chi connectivity index (χ3v) is 7.10. The van der Waals surface area contributed by atoms with Crippen LogP contribution in [-0.2, 0) is 0 Å². The fraction of sp³-hybridized carbons (Fsp3) is 0.385. The van der Waals surface area contributed by atoms with Crippen LogP contribution in [0.4, 0.5) is 17.6 Å². The summed E-state index contributed by atoms with van der Waals surface area (Å²) in [6, 6.07) is 6.99. The summed E-state index contributed by atoms with van der Waals surface area (Å²) < 4.78 is 8.77. The van der Waals surface area contributed by atoms with Gasteiger partial charge >= 0.3 is 0 Å². The summed E-state index contributed by atoms with van der Waals surface area (Å²) in [6.45, 7) is 1.44. The molecule has 12 nitrogen and oxygen atoms in total. The Labute approximate surface area is 218 Å². The zero-order valence-electron chi connectivity index (χ0n) is 21.0. The van der Waals surface area contributed by atoms with Gasteiger partial charge in [-0.2, -0.15) is 4.98 Å². The zero-order valence-corrected chi connectivity index (χ0v) is 21.0. The largest absolute Gasteiger partial charge is 0.504 e. The fourth-order valence-corrected chi connectivity index (χ4v) is 4.86. The van der Waals surface area contributed by atoms with E-state index in [2.05, 4.69) is 20.7 Å². The van der Waals surface area contributed by atoms with Gasteiger partial charge in [0.15, 0.2) is 17.3 Å². The number of methoxy groups -OCH3 is 1. The molecule has 1 aromatic carbocycles. The Morgan fingerprint density at radius 1 is 1.26 bits per heavy atom. The molecule has 1 saturated heterocycles. The van der Waals surface area contributed by atoms with Crippen molar-refractivity contribution >= 4 is 29.0 Å². The third kappa shape index (κ3) is 4.58. The quantitative estimate of drug-likeness (QED) is 0.263. The normalized spacial score (nSPS) is 17.2. The molecule has 198 valence electrons. The summed E-state index contributed by atoms with van der Waals surface area (Å²) in [6.07, 6.45) is 9.31. The van der Waals surface area contributed by atoms with Crippen molar-refractivity contribution < 1.29 is 19.7 Å². The van der Waals surface area contributed by atoms with Crippen molar-refractivity contribution in [3.05, 3.63) is 48.5 Å². The molecule has 6 rings (SSSR count). The van der Waals surface area contributed by atoms with Crippen molar-refractivity contribution in [2.45, 2.75) is 31.7 Å². The summed E-state index contributed by atoms with van der Waals surface area (Å²) in [5.41, 5.74) is 1.59. The van der Waals surface area contributed by atoms with Gasteiger partial charge in [-0.25, -0.2) is 9.50 Å². The highest BCUT2D eigenvalue weighted by Crippen LogP contribution is 2.34. The molecule has 0 radical (unpaired) electrons. The van der Waals surface area contributed by atoms with Gasteiger partial charge in [0, 0.05) is 25.4 Å². The molecule has 4 N–H and O–H groups in total. The number of ether oxygens (including phenoxy) is 1. The van der Waals surface area contributed by atoms with Crippen molar-refractivity contribution in [3.63, 3.8) is 0 Å². The number of hydrogen-bond donors (Lipinski definition) is 4. The number of fused-ring (bicyclic) bond motifs is 1. The van der Waals surface area contributed by atoms with E-state index in [4.69, 9.17) is 9.72 Å². The maximum atomic E-state index is 12.8. The second kappa shape index (κ2) is 9.86. The van der Waals surface area contributed by atoms with E-state index in [1.807, 2.05) is 23.2 Å². The van der Waals surface area contributed by atoms with Gasteiger partial charge in [-0.1, -0.05) is 0 Å². The molecule has 1 amide bonds. The number of benzene rings is 1. The molecule has 38 heavy (non-hydrogen) atoms. The monoisotopic (exact) mass is 518 g/mol. The number of aromatic nitrogens is 5. The first-order chi connectivity index (χ1) is 18.5. The third-order valence-electron chi connectivity index (χ3n) is 7.10. The molecule has 1 aliphatic heterocycles. The van der Waals surface area contributed by atoms with Crippen LogP contribution in [0.15, 0.2) is 43.0 Å². The number of phenolic OH excluding ortho intramolecular Hbond substituents is 1. The van der Waals surface area contributed by atoms with Gasteiger partial charge in [-0.15, -0.1) is 5.10 Å². The molecular weight excluding hydrogens is 488 g/mol. The van der Waals surface area contributed by atoms with Gasteiger partial charge in [0.1, 0.15) is 17.7 Å². The van der Waals surface area contributed by atoms with Crippen LogP contribution in [0.3, 0.4) is 0 Å². The molecular formula is C26H30N8O4. The van der Waals surface area contributed by atoms with Crippen LogP contribution in [0.2, 0.25) is 0 Å². The van der Waals surface area contributed by atoms with E-state index in [-0.39, 0.29) is 35.6 Å². The Hall–Kier alpha value is -4.32. The maximum Gasteiger partial charge on any atom is 0.255 e. The molecule has 2 aliphatic rings. The molecule has 3 aromatic heterocycles. The van der Waals surface area contributed by atoms with E-state index in [0.29, 0.717) is 35.7 Å². The number of nitrogens with one attached hydrogen (secondary N) is 2. The molecule has 0 spiro atoms. The van der Waals surface area contributed by atoms with Crippen LogP contribution in [0.1, 0.15) is 36.0 Å². The van der Waals surface area contributed by atoms with Crippen molar-refractivity contribution in [2.75, 3.05) is 37.0 Å². The highest BCUT2D eigenvalue weighted by molar-refractivity contribution is 5.98. The number of aromatic hydroxyl groups is 1. The lowest BCUT2D eigenvalue weighted by atomic mass is 10.1. The summed E-state index contributed by atoms with van der Waals surface area (Å²) in [5, 5.41) is 31.2. The molecule has 12 heteroatoms. The van der Waals surface area contributed by atoms with Crippen LogP contribution >= 0.6 is 0 Å². The zero-order chi connectivity index (χ0) is 26.2. The van der Waals surface area contributed by atoms with E-state index < -0.39 is 0 Å². The van der Waals surface area contributed by atoms with E-state index >= 15 is 0 Å². The van der Waals surface area contributed by atoms with Crippen LogP contribution in [0.25, 0.3) is 11.2 Å². The number of carbonyl (C=O) groups excluding carboxylic acids is 1. The minimum Gasteiger partial charge on any atom is -0.504 e. The highest BCUT2D eigenvalue weighted by atomic mass is 16.5. The van der Waals surface area contributed by atoms with Crippen molar-refractivity contribution in [3.8, 4) is 17.2 Å². The number of nitrogens with zero attached hydrogens (tertiary/aromatic N) is 6. The number of rotatable bonds is 9. The summed E-state index contributed by atoms with van der Waals surface area (Å²) in [5.74, 6) is 1.86. The van der Waals surface area contributed by atoms with Gasteiger partial charge in [0.2, 0.25) is 5.95 Å². The van der Waals surface area contributed by atoms with Crippen LogP contribution in [0.5, 0.6) is 11.5 Å². The predicted molar refractivity (Wildman–Crippen MR) is 141 cm³/mol. The SMILES string of the molecule is COc1c(O)cc(-n2cnc(Nc3nc(N4CCC[C@H]4CO)nn4cccc34)c2)cc1C(=O)NCC1CC1. The van der Waals surface area contributed by atoms with Crippen molar-refractivity contribution in [1.29, 1.82) is 0 Å². The Morgan fingerprint density at radius 2 is 2.13 bits per heavy atom. The first kappa shape index (κ1) is 24.0. The first-order valence-corrected chi connectivity index (χ1v) is 12.8. The van der Waals surface area contributed by atoms with E-state index in [1.54, 1.807) is 27.7 Å². The average molecular weight is 519 g/mol. The lowest BCUT2D eigenvalue weighted by Crippen LogP contribution is -2.34. The van der Waals surface area contributed by atoms with Crippen LogP contribution in [0, 0.1) is 5.92 Å². The van der Waals surface area contributed by atoms with Gasteiger partial charge in [0.05, 0.1) is 37.2 Å². The minimum absolute atomic E-state index is 0.00603. The predicted octanol–water partition coefficient (Wildman–Crippen LogP) is 2.47. The number of imidazole rings is 1. The number of aliphatic hydroxyl groups is 1. The Morgan fingerprint density at radius 3 is 2.92 bits per heavy atom. The summed E-state index contributed by atoms with van der Waals surface area (Å²) >= 11 is 0. The Bertz CT molecular complexity index is 1480. The Kier molecular flexibility index (Phi) is 6.24. The number of aliphatic hydroxyl groups excluding tert-OH is 1. The van der Waals surface area contributed by atoms with Gasteiger partial charge < -0.3 is 35.1 Å². The Balaban J connectivity index is 1.28. The molecule has 2 fully saturated rings. The highest BCUT2D eigenvalue weighted by Gasteiger charge is 2.27. The number of amides is 1. The fourth-order valence-electron chi connectivity index (χ4n) is 4.86. The van der Waals surface area contributed by atoms with Gasteiger partial charge in [0.25, 0.3) is 5.91 Å². The summed E-state index contributed by atoms with van der Waals surface area (Å²) in [4.78, 5) is 24.1. The second-order valence-electron chi connectivity index (χ2n) is 9.76. The van der Waals surface area contributed by atoms with E-state index in [1.165, 1.54) is 13.2 Å². The molecule has 1 atom stereocenters. The maximum absolute atomic E-state index is 12.8. The standard InChI is InChI=1S/C26H30N8O4/c1-38-23-19(25(37)27-12-16-6-7-16)10-18(11-21(23)36)32-13-22(28-15-32)29-24-20-5-3-9-34(20)31-26(30-24)33-8-2-4-17(33)14-35/h3,5,9-11,13,15-17,35-36H,2,4,6-8,12,14H2,1H3,(H,27,37)(H,29,30,31)/t17-/m0/s1. The smallest absolute Gasteiger partial charge is 0.255 e. The van der Waals surface area contributed by atoms with Crippen molar-refractivity contribution in [1.82, 2.24) is 29.5 Å². The lowest BCUT2D eigenvalue weighted by molar-refractivity contribution is 0.0948. The van der Waals surface area contributed by atoms with E-state index in [9.17, 15) is 15.0 Å². The summed E-state index contributed by atoms with van der Waals surface area (Å²) in [7, 11) is 1.43. The second-order valence-corrected chi connectivity index (χ2v) is 9.76. The van der Waals surface area contributed by atoms with Crippen LogP contribution < -0.4 is 20.3 Å². The number of hydrogen-bond acceptors (Lipinski definition) is 9. The number of carbonyl (C=O) groups is 1. The molecule has 4 aromatic rings. The minimum atomic E-state index is -0.295. The molecule has 1 aliphatic carbocycles. The number of anilines is 3. The van der Waals surface area contributed by atoms with E-state index in [0.717, 1.165) is 37.7 Å². The number of phenols is 1. The molecule has 0 unspecified atom stereocenters. The van der Waals surface area contributed by atoms with Crippen molar-refractivity contribution in [2.24, 2.45) is 5.92 Å². The van der Waals surface area contributed by atoms with Crippen LogP contribution in [-0.4, -0.2) is 73.1 Å². The molecule has 1 saturated carbocycles. The van der Waals surface area contributed by atoms with Gasteiger partial charge in [-0.05, 0) is 49.8 Å². The lowest BCUT2D eigenvalue weighted by Gasteiger charge is -2.23. The van der Waals surface area contributed by atoms with Gasteiger partial charge in [-0.3, -0.25) is 4.79 Å². The average Bonchev–Trinajstić information content (AvgIpc) is 3.28. The molecule has 0 bridgehead atoms.